The number of hydrazone groups is 1. The number of amides is 1. The summed E-state index contributed by atoms with van der Waals surface area (Å²) < 4.78 is 21.6. The molecular formula is C27H26N2O6. The molecule has 3 aromatic carbocycles. The van der Waals surface area contributed by atoms with E-state index in [2.05, 4.69) is 0 Å². The van der Waals surface area contributed by atoms with E-state index < -0.39 is 12.0 Å². The van der Waals surface area contributed by atoms with Crippen LogP contribution >= 0.6 is 0 Å². The summed E-state index contributed by atoms with van der Waals surface area (Å²) in [4.78, 5) is 25.3. The number of ether oxygens (including phenoxy) is 4. The molecule has 3 aromatic rings. The Morgan fingerprint density at radius 2 is 1.60 bits per heavy atom. The normalized spacial score (nSPS) is 14.8. The number of methoxy groups -OCH3 is 3. The number of benzene rings is 3. The highest BCUT2D eigenvalue weighted by Gasteiger charge is 2.35. The number of hydrogen-bond donors (Lipinski definition) is 0. The van der Waals surface area contributed by atoms with Crippen LogP contribution < -0.4 is 18.9 Å². The molecule has 0 radical (unpaired) electrons. The molecule has 1 aliphatic heterocycles. The van der Waals surface area contributed by atoms with Crippen molar-refractivity contribution in [1.82, 2.24) is 5.01 Å². The van der Waals surface area contributed by atoms with E-state index in [1.807, 2.05) is 30.3 Å². The van der Waals surface area contributed by atoms with Crippen molar-refractivity contribution in [3.63, 3.8) is 0 Å². The molecule has 0 aliphatic carbocycles. The van der Waals surface area contributed by atoms with Crippen LogP contribution in [0.1, 0.15) is 40.9 Å². The van der Waals surface area contributed by atoms with Gasteiger partial charge in [0.2, 0.25) is 0 Å². The largest absolute Gasteiger partial charge is 0.497 e. The molecule has 1 aliphatic rings. The van der Waals surface area contributed by atoms with Gasteiger partial charge in [0.1, 0.15) is 11.5 Å². The number of hydrogen-bond acceptors (Lipinski definition) is 7. The van der Waals surface area contributed by atoms with Crippen molar-refractivity contribution in [2.45, 2.75) is 19.4 Å². The first-order valence-electron chi connectivity index (χ1n) is 11.0. The number of carbonyl (C=O) groups is 2. The van der Waals surface area contributed by atoms with Crippen LogP contribution in [0.3, 0.4) is 0 Å². The minimum absolute atomic E-state index is 0.247. The first-order valence-corrected chi connectivity index (χ1v) is 11.0. The van der Waals surface area contributed by atoms with Crippen molar-refractivity contribution < 1.29 is 28.5 Å². The lowest BCUT2D eigenvalue weighted by Gasteiger charge is -2.23. The molecule has 0 bridgehead atoms. The topological polar surface area (TPSA) is 86.7 Å². The van der Waals surface area contributed by atoms with E-state index in [1.165, 1.54) is 19.0 Å². The lowest BCUT2D eigenvalue weighted by atomic mass is 9.97. The first-order chi connectivity index (χ1) is 16.9. The molecule has 8 heteroatoms. The minimum atomic E-state index is -0.466. The van der Waals surface area contributed by atoms with Crippen LogP contribution in [0.2, 0.25) is 0 Å². The standard InChI is InChI=1S/C27H26N2O6/c1-17(30)35-25-15-20(32-2)11-12-21(25)22-16-23(19-10-13-24(33-3)26(14-19)34-4)29(28-22)27(31)18-8-6-5-7-9-18/h5-15,23H,16H2,1-4H3/t23-/m0/s1. The molecule has 0 spiro atoms. The molecule has 180 valence electrons. The van der Waals surface area contributed by atoms with Gasteiger partial charge in [-0.25, -0.2) is 5.01 Å². The molecule has 1 atom stereocenters. The summed E-state index contributed by atoms with van der Waals surface area (Å²) in [5, 5.41) is 6.18. The molecule has 4 rings (SSSR count). The van der Waals surface area contributed by atoms with Crippen LogP contribution in [0.4, 0.5) is 0 Å². The fourth-order valence-electron chi connectivity index (χ4n) is 4.00. The third-order valence-electron chi connectivity index (χ3n) is 5.68. The Hall–Kier alpha value is -4.33. The summed E-state index contributed by atoms with van der Waals surface area (Å²) in [5.74, 6) is 1.28. The number of esters is 1. The molecule has 8 nitrogen and oxygen atoms in total. The summed E-state index contributed by atoms with van der Waals surface area (Å²) in [6.07, 6.45) is 0.397. The highest BCUT2D eigenvalue weighted by molar-refractivity contribution is 6.07. The summed E-state index contributed by atoms with van der Waals surface area (Å²) >= 11 is 0. The third-order valence-corrected chi connectivity index (χ3v) is 5.68. The quantitative estimate of drug-likeness (QED) is 0.367. The average Bonchev–Trinajstić information content (AvgIpc) is 3.33. The van der Waals surface area contributed by atoms with E-state index in [0.717, 1.165) is 5.56 Å². The van der Waals surface area contributed by atoms with E-state index in [9.17, 15) is 9.59 Å². The molecular weight excluding hydrogens is 448 g/mol. The SMILES string of the molecule is COc1ccc(C2=NN(C(=O)c3ccccc3)[C@H](c3ccc(OC)c(OC)c3)C2)c(OC(C)=O)c1. The van der Waals surface area contributed by atoms with Gasteiger partial charge >= 0.3 is 5.97 Å². The molecule has 0 fully saturated rings. The monoisotopic (exact) mass is 474 g/mol. The van der Waals surface area contributed by atoms with Crippen molar-refractivity contribution in [3.8, 4) is 23.0 Å². The van der Waals surface area contributed by atoms with Crippen molar-refractivity contribution in [1.29, 1.82) is 0 Å². The van der Waals surface area contributed by atoms with Gasteiger partial charge in [0.15, 0.2) is 11.5 Å². The molecule has 0 aromatic heterocycles. The molecule has 0 N–H and O–H groups in total. The Morgan fingerprint density at radius 1 is 0.857 bits per heavy atom. The average molecular weight is 475 g/mol. The Labute approximate surface area is 203 Å². The van der Waals surface area contributed by atoms with Gasteiger partial charge in [0, 0.05) is 30.5 Å². The van der Waals surface area contributed by atoms with Gasteiger partial charge in [0.05, 0.1) is 33.1 Å². The second kappa shape index (κ2) is 10.3. The summed E-state index contributed by atoms with van der Waals surface area (Å²) in [6.45, 7) is 1.33. The van der Waals surface area contributed by atoms with Crippen LogP contribution in [0, 0.1) is 0 Å². The van der Waals surface area contributed by atoms with Crippen LogP contribution in [0.25, 0.3) is 0 Å². The lowest BCUT2D eigenvalue weighted by Crippen LogP contribution is -2.27. The zero-order valence-corrected chi connectivity index (χ0v) is 20.0. The maximum Gasteiger partial charge on any atom is 0.308 e. The van der Waals surface area contributed by atoms with Gasteiger partial charge in [0.25, 0.3) is 5.91 Å². The number of rotatable bonds is 7. The van der Waals surface area contributed by atoms with Crippen molar-refractivity contribution in [2.75, 3.05) is 21.3 Å². The zero-order valence-electron chi connectivity index (χ0n) is 20.0. The molecule has 35 heavy (non-hydrogen) atoms. The van der Waals surface area contributed by atoms with Gasteiger partial charge in [-0.15, -0.1) is 0 Å². The van der Waals surface area contributed by atoms with E-state index >= 15 is 0 Å². The van der Waals surface area contributed by atoms with E-state index in [1.54, 1.807) is 50.6 Å². The maximum absolute atomic E-state index is 13.5. The highest BCUT2D eigenvalue weighted by Crippen LogP contribution is 2.39. The van der Waals surface area contributed by atoms with Crippen LogP contribution in [0.5, 0.6) is 23.0 Å². The van der Waals surface area contributed by atoms with Crippen molar-refractivity contribution in [3.05, 3.63) is 83.4 Å². The smallest absolute Gasteiger partial charge is 0.308 e. The molecule has 0 saturated carbocycles. The Bertz CT molecular complexity index is 1270. The molecule has 1 amide bonds. The fraction of sp³-hybridized carbons (Fsp3) is 0.222. The maximum atomic E-state index is 13.5. The minimum Gasteiger partial charge on any atom is -0.497 e. The highest BCUT2D eigenvalue weighted by atomic mass is 16.5. The summed E-state index contributed by atoms with van der Waals surface area (Å²) in [6, 6.07) is 19.2. The lowest BCUT2D eigenvalue weighted by molar-refractivity contribution is -0.131. The molecule has 1 heterocycles. The van der Waals surface area contributed by atoms with Gasteiger partial charge in [-0.1, -0.05) is 24.3 Å². The van der Waals surface area contributed by atoms with Gasteiger partial charge in [-0.2, -0.15) is 5.10 Å². The molecule has 0 saturated heterocycles. The van der Waals surface area contributed by atoms with Crippen LogP contribution in [-0.4, -0.2) is 43.9 Å². The predicted octanol–water partition coefficient (Wildman–Crippen LogP) is 4.63. The predicted molar refractivity (Wildman–Crippen MR) is 130 cm³/mol. The van der Waals surface area contributed by atoms with Crippen molar-refractivity contribution >= 4 is 17.6 Å². The number of nitrogens with zero attached hydrogens (tertiary/aromatic N) is 2. The van der Waals surface area contributed by atoms with Gasteiger partial charge in [-0.3, -0.25) is 9.59 Å². The second-order valence-corrected chi connectivity index (χ2v) is 7.85. The van der Waals surface area contributed by atoms with E-state index in [4.69, 9.17) is 24.0 Å². The van der Waals surface area contributed by atoms with E-state index in [-0.39, 0.29) is 5.91 Å². The van der Waals surface area contributed by atoms with Crippen LogP contribution in [0.15, 0.2) is 71.8 Å². The first kappa shape index (κ1) is 23.8. The van der Waals surface area contributed by atoms with Gasteiger partial charge in [-0.05, 0) is 42.0 Å². The molecule has 0 unspecified atom stereocenters. The second-order valence-electron chi connectivity index (χ2n) is 7.85. The van der Waals surface area contributed by atoms with Gasteiger partial charge < -0.3 is 18.9 Å². The Kier molecular flexibility index (Phi) is 7.01. The Balaban J connectivity index is 1.79. The summed E-state index contributed by atoms with van der Waals surface area (Å²) in [5.41, 5.74) is 2.55. The Morgan fingerprint density at radius 3 is 2.26 bits per heavy atom. The zero-order chi connectivity index (χ0) is 24.9. The third kappa shape index (κ3) is 4.96. The fourth-order valence-corrected chi connectivity index (χ4v) is 4.00. The summed E-state index contributed by atoms with van der Waals surface area (Å²) in [7, 11) is 4.67. The van der Waals surface area contributed by atoms with Crippen molar-refractivity contribution in [2.24, 2.45) is 5.10 Å². The number of carbonyl (C=O) groups excluding carboxylic acids is 2. The van der Waals surface area contributed by atoms with E-state index in [0.29, 0.717) is 46.3 Å². The van der Waals surface area contributed by atoms with Crippen LogP contribution in [-0.2, 0) is 4.79 Å².